The molecule has 2 aromatic carbocycles. The fourth-order valence-electron chi connectivity index (χ4n) is 3.22. The van der Waals surface area contributed by atoms with Gasteiger partial charge in [-0.3, -0.25) is 4.79 Å². The van der Waals surface area contributed by atoms with E-state index in [0.29, 0.717) is 25.1 Å². The number of sulfonamides is 1. The van der Waals surface area contributed by atoms with E-state index in [2.05, 4.69) is 4.72 Å². The van der Waals surface area contributed by atoms with Crippen molar-refractivity contribution < 1.29 is 17.9 Å². The highest BCUT2D eigenvalue weighted by molar-refractivity contribution is 7.89. The van der Waals surface area contributed by atoms with Gasteiger partial charge in [0.1, 0.15) is 12.4 Å². The second-order valence-corrected chi connectivity index (χ2v) is 8.80. The molecule has 1 N–H and O–H groups in total. The first kappa shape index (κ1) is 20.4. The molecular formula is C21H26N2O4S. The number of fused-ring (bicyclic) bond motifs is 1. The van der Waals surface area contributed by atoms with Gasteiger partial charge in [0.15, 0.2) is 0 Å². The van der Waals surface area contributed by atoms with Gasteiger partial charge in [-0.05, 0) is 56.2 Å². The molecular weight excluding hydrogens is 376 g/mol. The van der Waals surface area contributed by atoms with E-state index in [-0.39, 0.29) is 17.4 Å². The molecule has 0 saturated heterocycles. The number of anilines is 1. The first-order valence-corrected chi connectivity index (χ1v) is 10.9. The van der Waals surface area contributed by atoms with Crippen molar-refractivity contribution >= 4 is 21.6 Å². The monoisotopic (exact) mass is 402 g/mol. The lowest BCUT2D eigenvalue weighted by molar-refractivity contribution is -0.118. The highest BCUT2D eigenvalue weighted by atomic mass is 32.2. The number of amides is 1. The second-order valence-electron chi connectivity index (χ2n) is 7.09. The molecule has 2 aromatic rings. The minimum absolute atomic E-state index is 0.0503. The van der Waals surface area contributed by atoms with Gasteiger partial charge >= 0.3 is 0 Å². The maximum absolute atomic E-state index is 12.7. The van der Waals surface area contributed by atoms with Crippen molar-refractivity contribution in [2.45, 2.75) is 44.6 Å². The number of hydrogen-bond donors (Lipinski definition) is 1. The van der Waals surface area contributed by atoms with Crippen molar-refractivity contribution in [1.29, 1.82) is 0 Å². The van der Waals surface area contributed by atoms with Crippen molar-refractivity contribution in [1.82, 2.24) is 4.72 Å². The third-order valence-corrected chi connectivity index (χ3v) is 6.32. The Morgan fingerprint density at radius 3 is 2.61 bits per heavy atom. The van der Waals surface area contributed by atoms with Crippen LogP contribution in [0.1, 0.15) is 31.4 Å². The van der Waals surface area contributed by atoms with Gasteiger partial charge in [-0.2, -0.15) is 0 Å². The van der Waals surface area contributed by atoms with E-state index in [1.165, 1.54) is 0 Å². The van der Waals surface area contributed by atoms with E-state index in [1.54, 1.807) is 30.0 Å². The maximum atomic E-state index is 12.7. The average molecular weight is 403 g/mol. The SMILES string of the molecule is CCC(=O)N1CCc2cc(S(=O)(=O)N[C@@H](C)COc3ccc(C)cc3)ccc21. The molecule has 0 aromatic heterocycles. The number of carbonyl (C=O) groups excluding carboxylic acids is 1. The fraction of sp³-hybridized carbons (Fsp3) is 0.381. The van der Waals surface area contributed by atoms with E-state index in [0.717, 1.165) is 16.8 Å². The first-order valence-electron chi connectivity index (χ1n) is 9.45. The molecule has 0 aliphatic carbocycles. The normalized spacial score (nSPS) is 14.6. The fourth-order valence-corrected chi connectivity index (χ4v) is 4.50. The summed E-state index contributed by atoms with van der Waals surface area (Å²) in [5.41, 5.74) is 2.83. The Hall–Kier alpha value is -2.38. The van der Waals surface area contributed by atoms with Crippen molar-refractivity contribution in [3.8, 4) is 5.75 Å². The molecule has 1 heterocycles. The Bertz CT molecular complexity index is 955. The van der Waals surface area contributed by atoms with E-state index in [4.69, 9.17) is 4.74 Å². The van der Waals surface area contributed by atoms with E-state index < -0.39 is 16.1 Å². The van der Waals surface area contributed by atoms with Crippen LogP contribution in [0.3, 0.4) is 0 Å². The molecule has 7 heteroatoms. The zero-order valence-corrected chi connectivity index (χ0v) is 17.3. The van der Waals surface area contributed by atoms with Crippen LogP contribution in [0.4, 0.5) is 5.69 Å². The minimum Gasteiger partial charge on any atom is -0.492 e. The molecule has 3 rings (SSSR count). The van der Waals surface area contributed by atoms with Gasteiger partial charge in [0.2, 0.25) is 15.9 Å². The molecule has 150 valence electrons. The van der Waals surface area contributed by atoms with Crippen LogP contribution < -0.4 is 14.4 Å². The quantitative estimate of drug-likeness (QED) is 0.772. The van der Waals surface area contributed by atoms with Gasteiger partial charge < -0.3 is 9.64 Å². The van der Waals surface area contributed by atoms with Crippen molar-refractivity contribution in [2.75, 3.05) is 18.1 Å². The van der Waals surface area contributed by atoms with Crippen LogP contribution in [0, 0.1) is 6.92 Å². The molecule has 0 unspecified atom stereocenters. The van der Waals surface area contributed by atoms with E-state index in [9.17, 15) is 13.2 Å². The van der Waals surface area contributed by atoms with Gasteiger partial charge in [-0.15, -0.1) is 0 Å². The number of nitrogens with one attached hydrogen (secondary N) is 1. The molecule has 0 bridgehead atoms. The van der Waals surface area contributed by atoms with E-state index in [1.807, 2.05) is 38.1 Å². The smallest absolute Gasteiger partial charge is 0.240 e. The molecule has 28 heavy (non-hydrogen) atoms. The standard InChI is InChI=1S/C21H26N2O4S/c1-4-21(24)23-12-11-17-13-19(9-10-20(17)23)28(25,26)22-16(3)14-27-18-7-5-15(2)6-8-18/h5-10,13,16,22H,4,11-12,14H2,1-3H3/t16-/m0/s1. The molecule has 1 aliphatic heterocycles. The number of rotatable bonds is 7. The number of carbonyl (C=O) groups is 1. The van der Waals surface area contributed by atoms with Gasteiger partial charge in [-0.1, -0.05) is 24.6 Å². The number of aryl methyl sites for hydroxylation is 1. The maximum Gasteiger partial charge on any atom is 0.240 e. The van der Waals surface area contributed by atoms with Crippen LogP contribution >= 0.6 is 0 Å². The predicted molar refractivity (Wildman–Crippen MR) is 109 cm³/mol. The molecule has 6 nitrogen and oxygen atoms in total. The summed E-state index contributed by atoms with van der Waals surface area (Å²) in [6.45, 7) is 6.41. The highest BCUT2D eigenvalue weighted by Gasteiger charge is 2.26. The Morgan fingerprint density at radius 2 is 1.93 bits per heavy atom. The first-order chi connectivity index (χ1) is 13.3. The van der Waals surface area contributed by atoms with Gasteiger partial charge in [-0.25, -0.2) is 13.1 Å². The van der Waals surface area contributed by atoms with Gasteiger partial charge in [0.05, 0.1) is 10.9 Å². The largest absolute Gasteiger partial charge is 0.492 e. The Labute approximate surface area is 166 Å². The molecule has 0 saturated carbocycles. The van der Waals surface area contributed by atoms with Crippen LogP contribution in [0.25, 0.3) is 0 Å². The summed E-state index contributed by atoms with van der Waals surface area (Å²) in [4.78, 5) is 13.9. The van der Waals surface area contributed by atoms with Crippen molar-refractivity contribution in [3.63, 3.8) is 0 Å². The zero-order chi connectivity index (χ0) is 20.3. The third-order valence-electron chi connectivity index (χ3n) is 4.74. The summed E-state index contributed by atoms with van der Waals surface area (Å²) >= 11 is 0. The number of ether oxygens (including phenoxy) is 1. The van der Waals surface area contributed by atoms with Crippen LogP contribution in [-0.2, 0) is 21.2 Å². The summed E-state index contributed by atoms with van der Waals surface area (Å²) in [5.74, 6) is 0.754. The molecule has 1 atom stereocenters. The number of benzene rings is 2. The minimum atomic E-state index is -3.67. The van der Waals surface area contributed by atoms with Crippen molar-refractivity contribution in [2.24, 2.45) is 0 Å². The number of hydrogen-bond acceptors (Lipinski definition) is 4. The Balaban J connectivity index is 1.66. The average Bonchev–Trinajstić information content (AvgIpc) is 3.10. The summed E-state index contributed by atoms with van der Waals surface area (Å²) in [6, 6.07) is 12.2. The van der Waals surface area contributed by atoms with E-state index >= 15 is 0 Å². The van der Waals surface area contributed by atoms with Crippen LogP contribution in [0.2, 0.25) is 0 Å². The lowest BCUT2D eigenvalue weighted by Crippen LogP contribution is -2.36. The molecule has 0 spiro atoms. The lowest BCUT2D eigenvalue weighted by Gasteiger charge is -2.18. The second kappa shape index (κ2) is 8.32. The van der Waals surface area contributed by atoms with Gasteiger partial charge in [0, 0.05) is 18.7 Å². The third kappa shape index (κ3) is 4.54. The summed E-state index contributed by atoms with van der Waals surface area (Å²) in [7, 11) is -3.67. The zero-order valence-electron chi connectivity index (χ0n) is 16.4. The van der Waals surface area contributed by atoms with Crippen LogP contribution in [-0.4, -0.2) is 33.5 Å². The topological polar surface area (TPSA) is 75.7 Å². The molecule has 0 radical (unpaired) electrons. The van der Waals surface area contributed by atoms with Crippen molar-refractivity contribution in [3.05, 3.63) is 53.6 Å². The Morgan fingerprint density at radius 1 is 1.21 bits per heavy atom. The summed E-state index contributed by atoms with van der Waals surface area (Å²) < 4.78 is 33.8. The molecule has 1 aliphatic rings. The highest BCUT2D eigenvalue weighted by Crippen LogP contribution is 2.30. The summed E-state index contributed by atoms with van der Waals surface area (Å²) in [5, 5.41) is 0. The van der Waals surface area contributed by atoms with Crippen LogP contribution in [0.5, 0.6) is 5.75 Å². The number of nitrogens with zero attached hydrogens (tertiary/aromatic N) is 1. The van der Waals surface area contributed by atoms with Crippen LogP contribution in [0.15, 0.2) is 47.4 Å². The lowest BCUT2D eigenvalue weighted by atomic mass is 10.2. The predicted octanol–water partition coefficient (Wildman–Crippen LogP) is 3.04. The molecule has 1 amide bonds. The molecule has 0 fully saturated rings. The Kier molecular flexibility index (Phi) is 6.05. The summed E-state index contributed by atoms with van der Waals surface area (Å²) in [6.07, 6.45) is 1.09. The van der Waals surface area contributed by atoms with Gasteiger partial charge in [0.25, 0.3) is 0 Å².